The molecule has 21 heavy (non-hydrogen) atoms. The van der Waals surface area contributed by atoms with Gasteiger partial charge in [0.2, 0.25) is 0 Å². The number of carbonyl (C=O) groups excluding carboxylic acids is 1. The summed E-state index contributed by atoms with van der Waals surface area (Å²) in [7, 11) is 1.58. The molecule has 3 rings (SSSR count). The Bertz CT molecular complexity index is 695. The van der Waals surface area contributed by atoms with Gasteiger partial charge in [-0.25, -0.2) is 0 Å². The number of anilines is 2. The van der Waals surface area contributed by atoms with Crippen molar-refractivity contribution in [2.45, 2.75) is 19.3 Å². The second-order valence-electron chi connectivity index (χ2n) is 5.24. The summed E-state index contributed by atoms with van der Waals surface area (Å²) in [5.41, 5.74) is 10.3. The van der Waals surface area contributed by atoms with Gasteiger partial charge in [0.05, 0.1) is 18.5 Å². The van der Waals surface area contributed by atoms with Crippen LogP contribution < -0.4 is 15.8 Å². The number of benzene rings is 2. The molecule has 2 aromatic rings. The van der Waals surface area contributed by atoms with Crippen LogP contribution in [0.1, 0.15) is 27.9 Å². The molecule has 108 valence electrons. The fraction of sp³-hybridized carbons (Fsp3) is 0.235. The maximum Gasteiger partial charge on any atom is 0.255 e. The van der Waals surface area contributed by atoms with Crippen LogP contribution in [0.2, 0.25) is 0 Å². The molecule has 0 bridgehead atoms. The Morgan fingerprint density at radius 1 is 1.14 bits per heavy atom. The van der Waals surface area contributed by atoms with Crippen LogP contribution in [-0.2, 0) is 12.8 Å². The van der Waals surface area contributed by atoms with Crippen molar-refractivity contribution < 1.29 is 9.53 Å². The van der Waals surface area contributed by atoms with Crippen molar-refractivity contribution in [3.05, 3.63) is 53.1 Å². The normalized spacial score (nSPS) is 12.8. The van der Waals surface area contributed by atoms with Crippen LogP contribution in [0, 0.1) is 0 Å². The Morgan fingerprint density at radius 3 is 2.71 bits per heavy atom. The molecule has 0 spiro atoms. The SMILES string of the molecule is COc1ccc(NC(=O)c2ccc3c(c2)CCC3)c(N)c1. The number of amides is 1. The Hall–Kier alpha value is -2.49. The van der Waals surface area contributed by atoms with Crippen LogP contribution in [0.5, 0.6) is 5.75 Å². The molecule has 4 heteroatoms. The second-order valence-corrected chi connectivity index (χ2v) is 5.24. The van der Waals surface area contributed by atoms with Gasteiger partial charge in [-0.05, 0) is 54.7 Å². The third kappa shape index (κ3) is 2.70. The lowest BCUT2D eigenvalue weighted by Crippen LogP contribution is -2.13. The molecule has 0 saturated heterocycles. The summed E-state index contributed by atoms with van der Waals surface area (Å²) in [5, 5.41) is 2.85. The number of hydrogen-bond donors (Lipinski definition) is 2. The summed E-state index contributed by atoms with van der Waals surface area (Å²) in [6.07, 6.45) is 3.34. The average molecular weight is 282 g/mol. The van der Waals surface area contributed by atoms with Gasteiger partial charge in [0.25, 0.3) is 5.91 Å². The minimum atomic E-state index is -0.137. The molecule has 1 amide bonds. The fourth-order valence-electron chi connectivity index (χ4n) is 2.69. The molecule has 0 atom stereocenters. The third-order valence-corrected chi connectivity index (χ3v) is 3.87. The molecule has 2 aromatic carbocycles. The standard InChI is InChI=1S/C17H18N2O2/c1-21-14-7-8-16(15(18)10-14)19-17(20)13-6-5-11-3-2-4-12(11)9-13/h5-10H,2-4,18H2,1H3,(H,19,20). The van der Waals surface area contributed by atoms with Crippen molar-refractivity contribution in [2.24, 2.45) is 0 Å². The Kier molecular flexibility index (Phi) is 3.52. The first-order valence-electron chi connectivity index (χ1n) is 7.04. The topological polar surface area (TPSA) is 64.3 Å². The zero-order valence-corrected chi connectivity index (χ0v) is 12.0. The van der Waals surface area contributed by atoms with Crippen molar-refractivity contribution in [3.63, 3.8) is 0 Å². The van der Waals surface area contributed by atoms with E-state index in [1.54, 1.807) is 25.3 Å². The Morgan fingerprint density at radius 2 is 1.95 bits per heavy atom. The van der Waals surface area contributed by atoms with Crippen LogP contribution in [-0.4, -0.2) is 13.0 Å². The molecule has 0 fully saturated rings. The van der Waals surface area contributed by atoms with Gasteiger partial charge in [-0.2, -0.15) is 0 Å². The monoisotopic (exact) mass is 282 g/mol. The molecule has 1 aliphatic rings. The number of fused-ring (bicyclic) bond motifs is 1. The van der Waals surface area contributed by atoms with Gasteiger partial charge in [-0.3, -0.25) is 4.79 Å². The fourth-order valence-corrected chi connectivity index (χ4v) is 2.69. The summed E-state index contributed by atoms with van der Waals surface area (Å²) >= 11 is 0. The van der Waals surface area contributed by atoms with Crippen LogP contribution in [0.3, 0.4) is 0 Å². The van der Waals surface area contributed by atoms with Gasteiger partial charge in [0, 0.05) is 11.6 Å². The molecule has 0 aromatic heterocycles. The highest BCUT2D eigenvalue weighted by atomic mass is 16.5. The molecule has 0 unspecified atom stereocenters. The third-order valence-electron chi connectivity index (χ3n) is 3.87. The number of nitrogens with two attached hydrogens (primary N) is 1. The maximum absolute atomic E-state index is 12.3. The van der Waals surface area contributed by atoms with Gasteiger partial charge in [0.1, 0.15) is 5.75 Å². The lowest BCUT2D eigenvalue weighted by atomic mass is 10.1. The highest BCUT2D eigenvalue weighted by Crippen LogP contribution is 2.26. The second kappa shape index (κ2) is 5.48. The van der Waals surface area contributed by atoms with E-state index in [1.165, 1.54) is 17.5 Å². The molecular formula is C17H18N2O2. The largest absolute Gasteiger partial charge is 0.497 e. The zero-order chi connectivity index (χ0) is 14.8. The number of hydrogen-bond acceptors (Lipinski definition) is 3. The first-order chi connectivity index (χ1) is 10.2. The number of nitrogen functional groups attached to an aromatic ring is 1. The Balaban J connectivity index is 1.80. The van der Waals surface area contributed by atoms with Crippen LogP contribution >= 0.6 is 0 Å². The smallest absolute Gasteiger partial charge is 0.255 e. The summed E-state index contributed by atoms with van der Waals surface area (Å²) in [6.45, 7) is 0. The van der Waals surface area contributed by atoms with E-state index in [0.29, 0.717) is 22.7 Å². The minimum absolute atomic E-state index is 0.137. The number of rotatable bonds is 3. The summed E-state index contributed by atoms with van der Waals surface area (Å²) in [5.74, 6) is 0.532. The van der Waals surface area contributed by atoms with Crippen molar-refractivity contribution in [2.75, 3.05) is 18.2 Å². The van der Waals surface area contributed by atoms with E-state index in [4.69, 9.17) is 10.5 Å². The quantitative estimate of drug-likeness (QED) is 0.850. The lowest BCUT2D eigenvalue weighted by Gasteiger charge is -2.10. The van der Waals surface area contributed by atoms with E-state index < -0.39 is 0 Å². The highest BCUT2D eigenvalue weighted by Gasteiger charge is 2.14. The molecule has 0 heterocycles. The lowest BCUT2D eigenvalue weighted by molar-refractivity contribution is 0.102. The molecule has 0 aliphatic heterocycles. The average Bonchev–Trinajstić information content (AvgIpc) is 2.96. The summed E-state index contributed by atoms with van der Waals surface area (Å²) in [6, 6.07) is 11.1. The number of ether oxygens (including phenoxy) is 1. The van der Waals surface area contributed by atoms with Gasteiger partial charge in [0.15, 0.2) is 0 Å². The maximum atomic E-state index is 12.3. The Labute approximate surface area is 123 Å². The number of nitrogens with one attached hydrogen (secondary N) is 1. The molecule has 4 nitrogen and oxygen atoms in total. The zero-order valence-electron chi connectivity index (χ0n) is 12.0. The molecule has 3 N–H and O–H groups in total. The molecule has 0 radical (unpaired) electrons. The van der Waals surface area contributed by atoms with Crippen LogP contribution in [0.25, 0.3) is 0 Å². The van der Waals surface area contributed by atoms with E-state index in [-0.39, 0.29) is 5.91 Å². The van der Waals surface area contributed by atoms with Gasteiger partial charge in [-0.15, -0.1) is 0 Å². The number of methoxy groups -OCH3 is 1. The predicted octanol–water partition coefficient (Wildman–Crippen LogP) is 3.02. The first-order valence-corrected chi connectivity index (χ1v) is 7.04. The molecule has 1 aliphatic carbocycles. The van der Waals surface area contributed by atoms with Gasteiger partial charge >= 0.3 is 0 Å². The van der Waals surface area contributed by atoms with Crippen LogP contribution in [0.4, 0.5) is 11.4 Å². The highest BCUT2D eigenvalue weighted by molar-refractivity contribution is 6.06. The van der Waals surface area contributed by atoms with Crippen molar-refractivity contribution in [1.82, 2.24) is 0 Å². The van der Waals surface area contributed by atoms with E-state index in [1.807, 2.05) is 12.1 Å². The van der Waals surface area contributed by atoms with Crippen LogP contribution in [0.15, 0.2) is 36.4 Å². The van der Waals surface area contributed by atoms with E-state index in [9.17, 15) is 4.79 Å². The first kappa shape index (κ1) is 13.5. The van der Waals surface area contributed by atoms with E-state index in [0.717, 1.165) is 12.8 Å². The molecule has 0 saturated carbocycles. The molecular weight excluding hydrogens is 264 g/mol. The summed E-state index contributed by atoms with van der Waals surface area (Å²) < 4.78 is 5.10. The van der Waals surface area contributed by atoms with Gasteiger partial charge in [-0.1, -0.05) is 6.07 Å². The predicted molar refractivity (Wildman–Crippen MR) is 83.8 cm³/mol. The van der Waals surface area contributed by atoms with E-state index in [2.05, 4.69) is 11.4 Å². The number of aryl methyl sites for hydroxylation is 2. The number of carbonyl (C=O) groups is 1. The van der Waals surface area contributed by atoms with Crippen molar-refractivity contribution in [3.8, 4) is 5.75 Å². The van der Waals surface area contributed by atoms with Crippen molar-refractivity contribution in [1.29, 1.82) is 0 Å². The summed E-state index contributed by atoms with van der Waals surface area (Å²) in [4.78, 5) is 12.3. The van der Waals surface area contributed by atoms with Gasteiger partial charge < -0.3 is 15.8 Å². The minimum Gasteiger partial charge on any atom is -0.497 e. The van der Waals surface area contributed by atoms with E-state index >= 15 is 0 Å². The van der Waals surface area contributed by atoms with Crippen molar-refractivity contribution >= 4 is 17.3 Å².